The van der Waals surface area contributed by atoms with Crippen LogP contribution in [0.4, 0.5) is 0 Å². The highest BCUT2D eigenvalue weighted by atomic mass is 28.3. The Morgan fingerprint density at radius 3 is 2.03 bits per heavy atom. The molecule has 0 amide bonds. The monoisotopic (exact) mass is 470 g/mol. The van der Waals surface area contributed by atoms with Crippen LogP contribution in [0.25, 0.3) is 0 Å². The van der Waals surface area contributed by atoms with Crippen molar-refractivity contribution in [3.05, 3.63) is 33.1 Å². The van der Waals surface area contributed by atoms with Crippen molar-refractivity contribution in [1.29, 1.82) is 0 Å². The molecule has 9 heteroatoms. The van der Waals surface area contributed by atoms with E-state index in [1.54, 1.807) is 0 Å². The highest BCUT2D eigenvalue weighted by Crippen LogP contribution is 2.55. The average molecular weight is 471 g/mol. The van der Waals surface area contributed by atoms with Gasteiger partial charge in [0.1, 0.15) is 17.8 Å². The van der Waals surface area contributed by atoms with Crippen molar-refractivity contribution in [2.24, 2.45) is 10.8 Å². The van der Waals surface area contributed by atoms with Gasteiger partial charge in [-0.15, -0.1) is 0 Å². The fraction of sp³-hybridized carbons (Fsp3) is 0.826. The molecule has 1 aliphatic rings. The van der Waals surface area contributed by atoms with Gasteiger partial charge in [-0.3, -0.25) is 14.3 Å². The van der Waals surface area contributed by atoms with E-state index in [2.05, 4.69) is 4.98 Å². The molecule has 184 valence electrons. The van der Waals surface area contributed by atoms with Gasteiger partial charge in [-0.2, -0.15) is 0 Å². The molecule has 8 nitrogen and oxygen atoms in total. The van der Waals surface area contributed by atoms with Gasteiger partial charge in [0.25, 0.3) is 5.56 Å². The van der Waals surface area contributed by atoms with Crippen LogP contribution in [-0.2, 0) is 14.8 Å². The van der Waals surface area contributed by atoms with Gasteiger partial charge in [0.2, 0.25) is 0 Å². The van der Waals surface area contributed by atoms with Crippen LogP contribution in [0.2, 0.25) is 13.1 Å². The van der Waals surface area contributed by atoms with Gasteiger partial charge >= 0.3 is 5.69 Å². The maximum Gasteiger partial charge on any atom is 0.330 e. The minimum absolute atomic E-state index is 0.518. The van der Waals surface area contributed by atoms with Crippen LogP contribution in [0.5, 0.6) is 0 Å². The van der Waals surface area contributed by atoms with Crippen molar-refractivity contribution in [2.75, 3.05) is 0 Å². The number of hydrogen-bond acceptors (Lipinski definition) is 6. The van der Waals surface area contributed by atoms with E-state index < -0.39 is 65.7 Å². The SMILES string of the molecule is C[SiH](C)[C@@]1(n2ccc(=O)[nH]c2=O)O[C@H](C(O)C(C)(C)C)[C@](O)(C(C)(C)C)[C@H]1OC(C)(C)C. The van der Waals surface area contributed by atoms with Crippen molar-refractivity contribution in [1.82, 2.24) is 9.55 Å². The van der Waals surface area contributed by atoms with Gasteiger partial charge < -0.3 is 19.7 Å². The summed E-state index contributed by atoms with van der Waals surface area (Å²) in [4.78, 5) is 27.2. The number of hydrogen-bond donors (Lipinski definition) is 3. The van der Waals surface area contributed by atoms with Gasteiger partial charge in [0.05, 0.1) is 20.5 Å². The van der Waals surface area contributed by atoms with Gasteiger partial charge in [-0.1, -0.05) is 54.6 Å². The van der Waals surface area contributed by atoms with E-state index in [9.17, 15) is 19.8 Å². The third-order valence-electron chi connectivity index (χ3n) is 6.40. The number of nitrogens with zero attached hydrogens (tertiary/aromatic N) is 1. The van der Waals surface area contributed by atoms with E-state index in [0.717, 1.165) is 0 Å². The maximum absolute atomic E-state index is 13.0. The molecule has 0 aromatic carbocycles. The van der Waals surface area contributed by atoms with E-state index in [1.807, 2.05) is 75.4 Å². The summed E-state index contributed by atoms with van der Waals surface area (Å²) in [5.74, 6) is 0. The van der Waals surface area contributed by atoms with Gasteiger partial charge in [-0.05, 0) is 31.6 Å². The number of aliphatic hydroxyl groups is 2. The molecule has 2 rings (SSSR count). The highest BCUT2D eigenvalue weighted by molar-refractivity contribution is 6.58. The Morgan fingerprint density at radius 1 is 1.12 bits per heavy atom. The lowest BCUT2D eigenvalue weighted by molar-refractivity contribution is -0.214. The standard InChI is InChI=1S/C23H42N2O6Si/c1-19(2,3)15(27)16-22(29,20(4,5)6)17(31-21(7,8)9)23(30-16,32(10)11)25-13-12-14(26)24-18(25)28/h12-13,15-17,27,29,32H,1-11H3,(H,24,26,28)/t15?,16-,17-,22-,23+/m1/s1. The molecule has 2 heterocycles. The summed E-state index contributed by atoms with van der Waals surface area (Å²) in [7, 11) is -2.04. The van der Waals surface area contributed by atoms with Crippen LogP contribution in [0.3, 0.4) is 0 Å². The Balaban J connectivity index is 2.98. The number of ether oxygens (including phenoxy) is 2. The first kappa shape index (κ1) is 27.0. The predicted molar refractivity (Wildman–Crippen MR) is 128 cm³/mol. The Hall–Kier alpha value is -1.26. The van der Waals surface area contributed by atoms with E-state index in [0.29, 0.717) is 0 Å². The fourth-order valence-electron chi connectivity index (χ4n) is 4.52. The lowest BCUT2D eigenvalue weighted by Crippen LogP contribution is -2.67. The van der Waals surface area contributed by atoms with Crippen LogP contribution in [0.1, 0.15) is 62.3 Å². The Bertz CT molecular complexity index is 936. The molecule has 1 saturated heterocycles. The van der Waals surface area contributed by atoms with Crippen molar-refractivity contribution < 1.29 is 19.7 Å². The molecule has 0 aliphatic carbocycles. The number of aliphatic hydroxyl groups excluding tert-OH is 1. The Labute approximate surface area is 192 Å². The van der Waals surface area contributed by atoms with E-state index in [4.69, 9.17) is 9.47 Å². The summed E-state index contributed by atoms with van der Waals surface area (Å²) in [6.07, 6.45) is -1.66. The largest absolute Gasteiger partial charge is 0.390 e. The molecule has 5 atom stereocenters. The zero-order valence-electron chi connectivity index (χ0n) is 21.4. The molecule has 1 aliphatic heterocycles. The van der Waals surface area contributed by atoms with Crippen LogP contribution in [-0.4, -0.2) is 58.1 Å². The number of H-pyrrole nitrogens is 1. The normalized spacial score (nSPS) is 30.7. The third-order valence-corrected chi connectivity index (χ3v) is 8.77. The molecule has 3 N–H and O–H groups in total. The van der Waals surface area contributed by atoms with Crippen LogP contribution in [0, 0.1) is 10.8 Å². The second-order valence-electron chi connectivity index (χ2n) is 12.4. The lowest BCUT2D eigenvalue weighted by Gasteiger charge is -2.49. The summed E-state index contributed by atoms with van der Waals surface area (Å²) in [5, 5.41) is 22.5. The van der Waals surface area contributed by atoms with Crippen LogP contribution >= 0.6 is 0 Å². The Kier molecular flexibility index (Phi) is 6.91. The van der Waals surface area contributed by atoms with Gasteiger partial charge in [-0.25, -0.2) is 4.79 Å². The van der Waals surface area contributed by atoms with Crippen LogP contribution < -0.4 is 11.2 Å². The molecular weight excluding hydrogens is 428 g/mol. The molecule has 0 bridgehead atoms. The first-order chi connectivity index (χ1) is 14.2. The summed E-state index contributed by atoms with van der Waals surface area (Å²) in [6, 6.07) is 1.26. The maximum atomic E-state index is 13.0. The molecule has 1 aromatic heterocycles. The average Bonchev–Trinajstić information content (AvgIpc) is 2.83. The molecule has 0 saturated carbocycles. The summed E-state index contributed by atoms with van der Waals surface area (Å²) >= 11 is 0. The number of rotatable bonds is 4. The van der Waals surface area contributed by atoms with Gasteiger partial charge in [0.15, 0.2) is 5.35 Å². The molecular formula is C23H42N2O6Si. The molecule has 1 fully saturated rings. The zero-order chi connectivity index (χ0) is 25.1. The van der Waals surface area contributed by atoms with Crippen molar-refractivity contribution in [2.45, 2.75) is 110 Å². The molecule has 1 unspecified atom stereocenters. The first-order valence-corrected chi connectivity index (χ1v) is 14.2. The summed E-state index contributed by atoms with van der Waals surface area (Å²) in [5.41, 5.74) is -4.88. The number of aromatic amines is 1. The van der Waals surface area contributed by atoms with E-state index in [-0.39, 0.29) is 0 Å². The smallest absolute Gasteiger partial charge is 0.330 e. The molecule has 1 aromatic rings. The van der Waals surface area contributed by atoms with E-state index in [1.165, 1.54) is 16.8 Å². The molecule has 0 spiro atoms. The number of aromatic nitrogens is 2. The minimum atomic E-state index is -2.04. The first-order valence-electron chi connectivity index (χ1n) is 11.3. The fourth-order valence-corrected chi connectivity index (χ4v) is 6.63. The lowest BCUT2D eigenvalue weighted by atomic mass is 9.66. The topological polar surface area (TPSA) is 114 Å². The predicted octanol–water partition coefficient (Wildman–Crippen LogP) is 1.98. The van der Waals surface area contributed by atoms with E-state index >= 15 is 0 Å². The second-order valence-corrected chi connectivity index (χ2v) is 15.6. The quantitative estimate of drug-likeness (QED) is 0.580. The third kappa shape index (κ3) is 4.42. The van der Waals surface area contributed by atoms with Crippen molar-refractivity contribution >= 4 is 8.80 Å². The van der Waals surface area contributed by atoms with Gasteiger partial charge in [0, 0.05) is 12.3 Å². The van der Waals surface area contributed by atoms with Crippen LogP contribution in [0.15, 0.2) is 21.9 Å². The van der Waals surface area contributed by atoms with Crippen molar-refractivity contribution in [3.8, 4) is 0 Å². The number of nitrogens with one attached hydrogen (secondary N) is 1. The molecule has 32 heavy (non-hydrogen) atoms. The second kappa shape index (κ2) is 8.20. The zero-order valence-corrected chi connectivity index (χ0v) is 22.6. The van der Waals surface area contributed by atoms with Crippen molar-refractivity contribution in [3.63, 3.8) is 0 Å². The highest BCUT2D eigenvalue weighted by Gasteiger charge is 2.72. The Morgan fingerprint density at radius 2 is 1.66 bits per heavy atom. The summed E-state index contributed by atoms with van der Waals surface area (Å²) in [6.45, 7) is 20.9. The summed E-state index contributed by atoms with van der Waals surface area (Å²) < 4.78 is 14.6. The molecule has 0 radical (unpaired) electrons. The minimum Gasteiger partial charge on any atom is -0.390 e.